The lowest BCUT2D eigenvalue weighted by molar-refractivity contribution is 0.140. The van der Waals surface area contributed by atoms with Crippen molar-refractivity contribution in [2.24, 2.45) is 5.73 Å². The van der Waals surface area contributed by atoms with Gasteiger partial charge < -0.3 is 5.73 Å². The fourth-order valence-electron chi connectivity index (χ4n) is 2.63. The molecule has 2 N–H and O–H groups in total. The van der Waals surface area contributed by atoms with Crippen molar-refractivity contribution in [2.75, 3.05) is 6.54 Å². The maximum Gasteiger partial charge on any atom is 0.0236 e. The second kappa shape index (κ2) is 5.19. The summed E-state index contributed by atoms with van der Waals surface area (Å²) in [6, 6.07) is 7.81. The van der Waals surface area contributed by atoms with Crippen molar-refractivity contribution >= 4 is 0 Å². The van der Waals surface area contributed by atoms with E-state index in [1.165, 1.54) is 16.7 Å². The number of piperidine rings is 1. The highest BCUT2D eigenvalue weighted by molar-refractivity contribution is 5.29. The molecule has 0 bridgehead atoms. The Morgan fingerprint density at radius 1 is 1.29 bits per heavy atom. The summed E-state index contributed by atoms with van der Waals surface area (Å²) in [6.45, 7) is 8.85. The minimum atomic E-state index is 0.404. The molecule has 94 valence electrons. The summed E-state index contributed by atoms with van der Waals surface area (Å²) in [6.07, 6.45) is 2.26. The maximum atomic E-state index is 6.00. The smallest absolute Gasteiger partial charge is 0.0236 e. The van der Waals surface area contributed by atoms with E-state index in [0.29, 0.717) is 12.1 Å². The summed E-state index contributed by atoms with van der Waals surface area (Å²) >= 11 is 0. The molecule has 17 heavy (non-hydrogen) atoms. The van der Waals surface area contributed by atoms with Gasteiger partial charge in [-0.1, -0.05) is 18.2 Å². The second-order valence-corrected chi connectivity index (χ2v) is 5.52. The van der Waals surface area contributed by atoms with Crippen molar-refractivity contribution in [3.63, 3.8) is 0 Å². The third kappa shape index (κ3) is 3.08. The summed E-state index contributed by atoms with van der Waals surface area (Å²) in [5.41, 5.74) is 10.2. The Hall–Kier alpha value is -0.860. The van der Waals surface area contributed by atoms with Crippen molar-refractivity contribution in [3.05, 3.63) is 34.9 Å². The molecule has 2 heteroatoms. The molecule has 0 spiro atoms. The van der Waals surface area contributed by atoms with E-state index >= 15 is 0 Å². The molecule has 1 fully saturated rings. The van der Waals surface area contributed by atoms with Crippen molar-refractivity contribution in [2.45, 2.75) is 52.2 Å². The van der Waals surface area contributed by atoms with Crippen LogP contribution in [0.25, 0.3) is 0 Å². The van der Waals surface area contributed by atoms with E-state index < -0.39 is 0 Å². The fraction of sp³-hybridized carbons (Fsp3) is 0.600. The van der Waals surface area contributed by atoms with Crippen LogP contribution >= 0.6 is 0 Å². The van der Waals surface area contributed by atoms with E-state index in [2.05, 4.69) is 43.9 Å². The SMILES string of the molecule is Cc1ccc(CN2CCC(N)CC2C)cc1C. The summed E-state index contributed by atoms with van der Waals surface area (Å²) in [5, 5.41) is 0. The monoisotopic (exact) mass is 232 g/mol. The Morgan fingerprint density at radius 3 is 2.71 bits per heavy atom. The van der Waals surface area contributed by atoms with E-state index in [0.717, 1.165) is 25.9 Å². The predicted molar refractivity (Wildman–Crippen MR) is 73.0 cm³/mol. The molecule has 0 aliphatic carbocycles. The van der Waals surface area contributed by atoms with Gasteiger partial charge in [0.1, 0.15) is 0 Å². The molecule has 1 aromatic rings. The number of hydrogen-bond donors (Lipinski definition) is 1. The first-order valence-electron chi connectivity index (χ1n) is 6.62. The van der Waals surface area contributed by atoms with Gasteiger partial charge in [0.15, 0.2) is 0 Å². The number of benzene rings is 1. The molecule has 0 amide bonds. The molecule has 2 rings (SSSR count). The zero-order chi connectivity index (χ0) is 12.4. The van der Waals surface area contributed by atoms with E-state index in [9.17, 15) is 0 Å². The average molecular weight is 232 g/mol. The molecule has 2 atom stereocenters. The minimum Gasteiger partial charge on any atom is -0.328 e. The molecular weight excluding hydrogens is 208 g/mol. The van der Waals surface area contributed by atoms with Gasteiger partial charge in [-0.25, -0.2) is 0 Å². The quantitative estimate of drug-likeness (QED) is 0.849. The summed E-state index contributed by atoms with van der Waals surface area (Å²) in [7, 11) is 0. The molecule has 1 aliphatic heterocycles. The van der Waals surface area contributed by atoms with Gasteiger partial charge >= 0.3 is 0 Å². The average Bonchev–Trinajstić information content (AvgIpc) is 2.27. The van der Waals surface area contributed by atoms with E-state index in [1.807, 2.05) is 0 Å². The lowest BCUT2D eigenvalue weighted by Crippen LogP contribution is -2.44. The lowest BCUT2D eigenvalue weighted by atomic mass is 9.98. The van der Waals surface area contributed by atoms with Crippen molar-refractivity contribution in [1.82, 2.24) is 4.90 Å². The standard InChI is InChI=1S/C15H24N2/c1-11-4-5-14(8-12(11)2)10-17-7-6-15(16)9-13(17)3/h4-5,8,13,15H,6-7,9-10,16H2,1-3H3. The first-order valence-corrected chi connectivity index (χ1v) is 6.62. The first kappa shape index (κ1) is 12.6. The highest BCUT2D eigenvalue weighted by Gasteiger charge is 2.22. The molecular formula is C15H24N2. The second-order valence-electron chi connectivity index (χ2n) is 5.52. The van der Waals surface area contributed by atoms with Gasteiger partial charge in [0.05, 0.1) is 0 Å². The molecule has 0 aromatic heterocycles. The van der Waals surface area contributed by atoms with Crippen LogP contribution in [-0.4, -0.2) is 23.5 Å². The van der Waals surface area contributed by atoms with Gasteiger partial charge in [-0.15, -0.1) is 0 Å². The predicted octanol–water partition coefficient (Wildman–Crippen LogP) is 2.62. The largest absolute Gasteiger partial charge is 0.328 e. The lowest BCUT2D eigenvalue weighted by Gasteiger charge is -2.36. The van der Waals surface area contributed by atoms with Crippen molar-refractivity contribution < 1.29 is 0 Å². The number of nitrogens with zero attached hydrogens (tertiary/aromatic N) is 1. The molecule has 2 nitrogen and oxygen atoms in total. The summed E-state index contributed by atoms with van der Waals surface area (Å²) < 4.78 is 0. The van der Waals surface area contributed by atoms with Crippen LogP contribution in [0.15, 0.2) is 18.2 Å². The number of rotatable bonds is 2. The van der Waals surface area contributed by atoms with Crippen LogP contribution in [0, 0.1) is 13.8 Å². The Kier molecular flexibility index (Phi) is 3.85. The van der Waals surface area contributed by atoms with Crippen molar-refractivity contribution in [3.8, 4) is 0 Å². The van der Waals surface area contributed by atoms with Crippen LogP contribution in [0.5, 0.6) is 0 Å². The third-order valence-corrected chi connectivity index (χ3v) is 4.01. The zero-order valence-electron chi connectivity index (χ0n) is 11.2. The molecule has 1 aliphatic rings. The maximum absolute atomic E-state index is 6.00. The molecule has 1 heterocycles. The third-order valence-electron chi connectivity index (χ3n) is 4.01. The van der Waals surface area contributed by atoms with Crippen LogP contribution in [0.3, 0.4) is 0 Å². The molecule has 1 saturated heterocycles. The van der Waals surface area contributed by atoms with Crippen molar-refractivity contribution in [1.29, 1.82) is 0 Å². The van der Waals surface area contributed by atoms with E-state index in [-0.39, 0.29) is 0 Å². The van der Waals surface area contributed by atoms with E-state index in [4.69, 9.17) is 5.73 Å². The first-order chi connectivity index (χ1) is 8.06. The number of aryl methyl sites for hydroxylation is 2. The van der Waals surface area contributed by atoms with Gasteiger partial charge in [0.2, 0.25) is 0 Å². The Balaban J connectivity index is 2.02. The highest BCUT2D eigenvalue weighted by Crippen LogP contribution is 2.19. The number of nitrogens with two attached hydrogens (primary N) is 1. The summed E-state index contributed by atoms with van der Waals surface area (Å²) in [5.74, 6) is 0. The Labute approximate surface area is 105 Å². The summed E-state index contributed by atoms with van der Waals surface area (Å²) in [4.78, 5) is 2.55. The molecule has 0 saturated carbocycles. The molecule has 2 unspecified atom stereocenters. The van der Waals surface area contributed by atoms with Crippen LogP contribution in [-0.2, 0) is 6.54 Å². The van der Waals surface area contributed by atoms with Gasteiger partial charge in [-0.05, 0) is 50.3 Å². The van der Waals surface area contributed by atoms with E-state index in [1.54, 1.807) is 0 Å². The minimum absolute atomic E-state index is 0.404. The molecule has 1 aromatic carbocycles. The van der Waals surface area contributed by atoms with Crippen LogP contribution in [0.2, 0.25) is 0 Å². The Bertz CT molecular complexity index is 387. The van der Waals surface area contributed by atoms with Gasteiger partial charge in [0.25, 0.3) is 0 Å². The fourth-order valence-corrected chi connectivity index (χ4v) is 2.63. The van der Waals surface area contributed by atoms with Gasteiger partial charge in [-0.3, -0.25) is 4.90 Å². The normalized spacial score (nSPS) is 26.1. The topological polar surface area (TPSA) is 29.3 Å². The van der Waals surface area contributed by atoms with Crippen LogP contribution < -0.4 is 5.73 Å². The van der Waals surface area contributed by atoms with Gasteiger partial charge in [0, 0.05) is 25.2 Å². The Morgan fingerprint density at radius 2 is 2.06 bits per heavy atom. The van der Waals surface area contributed by atoms with Gasteiger partial charge in [-0.2, -0.15) is 0 Å². The number of hydrogen-bond acceptors (Lipinski definition) is 2. The van der Waals surface area contributed by atoms with Crippen LogP contribution in [0.4, 0.5) is 0 Å². The number of likely N-dealkylation sites (tertiary alicyclic amines) is 1. The molecule has 0 radical (unpaired) electrons. The zero-order valence-corrected chi connectivity index (χ0v) is 11.2. The highest BCUT2D eigenvalue weighted by atomic mass is 15.2. The van der Waals surface area contributed by atoms with Crippen LogP contribution in [0.1, 0.15) is 36.5 Å².